The van der Waals surface area contributed by atoms with Crippen molar-refractivity contribution in [2.24, 2.45) is 11.7 Å². The number of rotatable bonds is 5. The van der Waals surface area contributed by atoms with Crippen LogP contribution in [0.4, 0.5) is 5.69 Å². The van der Waals surface area contributed by atoms with E-state index in [1.165, 1.54) is 25.7 Å². The minimum Gasteiger partial charge on any atom is -0.388 e. The van der Waals surface area contributed by atoms with Crippen molar-refractivity contribution < 1.29 is 0 Å². The second-order valence-corrected chi connectivity index (χ2v) is 4.72. The molecule has 0 bridgehead atoms. The Kier molecular flexibility index (Phi) is 3.72. The van der Waals surface area contributed by atoms with Crippen LogP contribution in [0.25, 0.3) is 0 Å². The first-order valence-corrected chi connectivity index (χ1v) is 6.17. The van der Waals surface area contributed by atoms with Crippen LogP contribution in [-0.2, 0) is 0 Å². The van der Waals surface area contributed by atoms with Crippen molar-refractivity contribution in [3.8, 4) is 0 Å². The molecule has 0 aliphatic heterocycles. The molecule has 1 aliphatic carbocycles. The summed E-state index contributed by atoms with van der Waals surface area (Å²) in [5.41, 5.74) is 7.27. The fourth-order valence-electron chi connectivity index (χ4n) is 1.94. The van der Waals surface area contributed by atoms with Crippen molar-refractivity contribution in [3.05, 3.63) is 24.0 Å². The standard InChI is InChI=1S/C12H17N3S/c13-12(16)11-10(5-2-7-15-11)14-8-6-9-3-1-4-9/h2,5,7,9,14H,1,3-4,6,8H2,(H2,13,16). The summed E-state index contributed by atoms with van der Waals surface area (Å²) in [7, 11) is 0. The Morgan fingerprint density at radius 3 is 3.00 bits per heavy atom. The molecule has 1 heterocycles. The zero-order valence-corrected chi connectivity index (χ0v) is 10.1. The lowest BCUT2D eigenvalue weighted by Gasteiger charge is -2.25. The number of nitrogens with two attached hydrogens (primary N) is 1. The molecule has 1 fully saturated rings. The number of thiocarbonyl (C=S) groups is 1. The lowest BCUT2D eigenvalue weighted by molar-refractivity contribution is 0.303. The quantitative estimate of drug-likeness (QED) is 0.769. The zero-order valence-electron chi connectivity index (χ0n) is 9.28. The van der Waals surface area contributed by atoms with Gasteiger partial charge in [0, 0.05) is 12.7 Å². The van der Waals surface area contributed by atoms with Gasteiger partial charge in [0.05, 0.1) is 5.69 Å². The van der Waals surface area contributed by atoms with Crippen molar-refractivity contribution in [2.75, 3.05) is 11.9 Å². The molecule has 0 atom stereocenters. The Labute approximate surface area is 101 Å². The lowest BCUT2D eigenvalue weighted by Crippen LogP contribution is -2.18. The third-order valence-electron chi connectivity index (χ3n) is 3.13. The van der Waals surface area contributed by atoms with Gasteiger partial charge in [-0.05, 0) is 24.5 Å². The van der Waals surface area contributed by atoms with Gasteiger partial charge in [-0.25, -0.2) is 0 Å². The molecule has 4 heteroatoms. The summed E-state index contributed by atoms with van der Waals surface area (Å²) in [6, 6.07) is 3.87. The van der Waals surface area contributed by atoms with Crippen LogP contribution in [0.1, 0.15) is 31.4 Å². The predicted molar refractivity (Wildman–Crippen MR) is 70.6 cm³/mol. The summed E-state index contributed by atoms with van der Waals surface area (Å²) < 4.78 is 0. The molecule has 1 aromatic rings. The van der Waals surface area contributed by atoms with Crippen LogP contribution >= 0.6 is 12.2 Å². The van der Waals surface area contributed by atoms with Crippen LogP contribution in [0.5, 0.6) is 0 Å². The van der Waals surface area contributed by atoms with Crippen LogP contribution in [0.2, 0.25) is 0 Å². The van der Waals surface area contributed by atoms with Gasteiger partial charge in [0.1, 0.15) is 10.7 Å². The molecule has 0 aromatic carbocycles. The Hall–Kier alpha value is -1.16. The van der Waals surface area contributed by atoms with E-state index < -0.39 is 0 Å². The Morgan fingerprint density at radius 2 is 2.38 bits per heavy atom. The minimum atomic E-state index is 0.353. The van der Waals surface area contributed by atoms with Gasteiger partial charge in [-0.3, -0.25) is 4.98 Å². The van der Waals surface area contributed by atoms with E-state index in [1.54, 1.807) is 6.20 Å². The zero-order chi connectivity index (χ0) is 11.4. The fraction of sp³-hybridized carbons (Fsp3) is 0.500. The number of hydrogen-bond acceptors (Lipinski definition) is 3. The molecule has 86 valence electrons. The molecule has 2 rings (SSSR count). The number of nitrogens with one attached hydrogen (secondary N) is 1. The highest BCUT2D eigenvalue weighted by Gasteiger charge is 2.16. The number of anilines is 1. The maximum absolute atomic E-state index is 5.61. The van der Waals surface area contributed by atoms with Crippen LogP contribution in [0, 0.1) is 5.92 Å². The molecular formula is C12H17N3S. The highest BCUT2D eigenvalue weighted by Crippen LogP contribution is 2.29. The minimum absolute atomic E-state index is 0.353. The topological polar surface area (TPSA) is 50.9 Å². The Bertz CT molecular complexity index is 374. The molecule has 0 saturated heterocycles. The highest BCUT2D eigenvalue weighted by atomic mass is 32.1. The molecule has 0 spiro atoms. The third-order valence-corrected chi connectivity index (χ3v) is 3.33. The molecule has 0 amide bonds. The number of nitrogens with zero attached hydrogens (tertiary/aromatic N) is 1. The van der Waals surface area contributed by atoms with E-state index in [-0.39, 0.29) is 0 Å². The van der Waals surface area contributed by atoms with E-state index in [0.717, 1.165) is 18.2 Å². The van der Waals surface area contributed by atoms with Gasteiger partial charge < -0.3 is 11.1 Å². The van der Waals surface area contributed by atoms with E-state index in [0.29, 0.717) is 10.7 Å². The molecule has 1 aliphatic rings. The maximum atomic E-state index is 5.61. The molecule has 16 heavy (non-hydrogen) atoms. The van der Waals surface area contributed by atoms with Crippen molar-refractivity contribution in [1.82, 2.24) is 4.98 Å². The van der Waals surface area contributed by atoms with E-state index in [2.05, 4.69) is 10.3 Å². The van der Waals surface area contributed by atoms with Crippen LogP contribution in [-0.4, -0.2) is 16.5 Å². The number of aromatic nitrogens is 1. The predicted octanol–water partition coefficient (Wildman–Crippen LogP) is 2.32. The number of pyridine rings is 1. The van der Waals surface area contributed by atoms with E-state index in [9.17, 15) is 0 Å². The molecule has 1 aromatic heterocycles. The smallest absolute Gasteiger partial charge is 0.124 e. The third kappa shape index (κ3) is 2.70. The molecule has 3 nitrogen and oxygen atoms in total. The highest BCUT2D eigenvalue weighted by molar-refractivity contribution is 7.80. The molecular weight excluding hydrogens is 218 g/mol. The largest absolute Gasteiger partial charge is 0.388 e. The average molecular weight is 235 g/mol. The summed E-state index contributed by atoms with van der Waals surface area (Å²) in [6.45, 7) is 0.978. The van der Waals surface area contributed by atoms with Crippen molar-refractivity contribution in [1.29, 1.82) is 0 Å². The van der Waals surface area contributed by atoms with Crippen molar-refractivity contribution in [2.45, 2.75) is 25.7 Å². The van der Waals surface area contributed by atoms with Crippen LogP contribution in [0.15, 0.2) is 18.3 Å². The van der Waals surface area contributed by atoms with E-state index >= 15 is 0 Å². The normalized spacial score (nSPS) is 15.5. The van der Waals surface area contributed by atoms with Gasteiger partial charge >= 0.3 is 0 Å². The van der Waals surface area contributed by atoms with E-state index in [1.807, 2.05) is 12.1 Å². The molecule has 0 unspecified atom stereocenters. The first kappa shape index (κ1) is 11.3. The summed E-state index contributed by atoms with van der Waals surface area (Å²) in [4.78, 5) is 4.53. The molecule has 0 radical (unpaired) electrons. The fourth-order valence-corrected chi connectivity index (χ4v) is 2.10. The first-order valence-electron chi connectivity index (χ1n) is 5.76. The van der Waals surface area contributed by atoms with Crippen molar-refractivity contribution in [3.63, 3.8) is 0 Å². The van der Waals surface area contributed by atoms with Gasteiger partial charge in [0.15, 0.2) is 0 Å². The SMILES string of the molecule is NC(=S)c1ncccc1NCCC1CCC1. The number of hydrogen-bond donors (Lipinski definition) is 2. The summed E-state index contributed by atoms with van der Waals surface area (Å²) in [6.07, 6.45) is 7.11. The summed E-state index contributed by atoms with van der Waals surface area (Å²) >= 11 is 4.96. The molecule has 1 saturated carbocycles. The van der Waals surface area contributed by atoms with E-state index in [4.69, 9.17) is 18.0 Å². The average Bonchev–Trinajstić information content (AvgIpc) is 2.22. The van der Waals surface area contributed by atoms with Gasteiger partial charge in [-0.2, -0.15) is 0 Å². The van der Waals surface area contributed by atoms with Gasteiger partial charge in [0.2, 0.25) is 0 Å². The molecule has 3 N–H and O–H groups in total. The van der Waals surface area contributed by atoms with Gasteiger partial charge in [0.25, 0.3) is 0 Å². The Morgan fingerprint density at radius 1 is 1.56 bits per heavy atom. The van der Waals surface area contributed by atoms with Gasteiger partial charge in [-0.1, -0.05) is 31.5 Å². The summed E-state index contributed by atoms with van der Waals surface area (Å²) in [5.74, 6) is 0.914. The lowest BCUT2D eigenvalue weighted by atomic mass is 9.83. The van der Waals surface area contributed by atoms with Crippen LogP contribution < -0.4 is 11.1 Å². The van der Waals surface area contributed by atoms with Crippen molar-refractivity contribution >= 4 is 22.9 Å². The second kappa shape index (κ2) is 5.25. The summed E-state index contributed by atoms with van der Waals surface area (Å²) in [5, 5.41) is 3.36. The maximum Gasteiger partial charge on any atom is 0.124 e. The first-order chi connectivity index (χ1) is 7.77. The van der Waals surface area contributed by atoms with Gasteiger partial charge in [-0.15, -0.1) is 0 Å². The second-order valence-electron chi connectivity index (χ2n) is 4.28. The Balaban J connectivity index is 1.89. The monoisotopic (exact) mass is 235 g/mol. The van der Waals surface area contributed by atoms with Crippen LogP contribution in [0.3, 0.4) is 0 Å².